The molecule has 0 unspecified atom stereocenters. The molecule has 0 radical (unpaired) electrons. The van der Waals surface area contributed by atoms with E-state index in [0.717, 1.165) is 25.7 Å². The average molecular weight is 421 g/mol. The van der Waals surface area contributed by atoms with Gasteiger partial charge in [-0.2, -0.15) is 0 Å². The standard InChI is InChI=1S/C22H32N2O4S/c1-16(2)29(27,28)20-11-7-6-10-19(20)22(26)24-14-12-18(13-15-24)23-21(25)17-8-4-3-5-9-17/h6-7,10-11,16-18H,3-5,8-9,12-15H2,1-2H3,(H,23,25). The lowest BCUT2D eigenvalue weighted by Crippen LogP contribution is -2.48. The fraction of sp³-hybridized carbons (Fsp3) is 0.636. The number of carbonyl (C=O) groups is 2. The second-order valence-electron chi connectivity index (χ2n) is 8.50. The van der Waals surface area contributed by atoms with Crippen LogP contribution in [0.3, 0.4) is 0 Å². The van der Waals surface area contributed by atoms with Crippen molar-refractivity contribution < 1.29 is 18.0 Å². The Hall–Kier alpha value is -1.89. The number of rotatable bonds is 5. The molecule has 1 saturated heterocycles. The Morgan fingerprint density at radius 3 is 2.24 bits per heavy atom. The maximum atomic E-state index is 13.0. The highest BCUT2D eigenvalue weighted by Gasteiger charge is 2.31. The van der Waals surface area contributed by atoms with E-state index in [0.29, 0.717) is 25.9 Å². The molecule has 0 spiro atoms. The van der Waals surface area contributed by atoms with Crippen molar-refractivity contribution in [1.29, 1.82) is 0 Å². The number of nitrogens with one attached hydrogen (secondary N) is 1. The number of nitrogens with zero attached hydrogens (tertiary/aromatic N) is 1. The number of hydrogen-bond acceptors (Lipinski definition) is 4. The van der Waals surface area contributed by atoms with Gasteiger partial charge in [0.2, 0.25) is 5.91 Å². The zero-order chi connectivity index (χ0) is 21.0. The molecule has 1 aromatic rings. The van der Waals surface area contributed by atoms with Gasteiger partial charge in [-0.3, -0.25) is 9.59 Å². The number of likely N-dealkylation sites (tertiary alicyclic amines) is 1. The van der Waals surface area contributed by atoms with Crippen molar-refractivity contribution in [2.75, 3.05) is 13.1 Å². The molecule has 1 aromatic carbocycles. The molecule has 1 aliphatic heterocycles. The minimum absolute atomic E-state index is 0.0862. The van der Waals surface area contributed by atoms with Crippen molar-refractivity contribution in [2.45, 2.75) is 75.0 Å². The molecule has 6 nitrogen and oxygen atoms in total. The van der Waals surface area contributed by atoms with Crippen LogP contribution in [0.4, 0.5) is 0 Å². The molecule has 1 saturated carbocycles. The Kier molecular flexibility index (Phi) is 6.98. The van der Waals surface area contributed by atoms with Gasteiger partial charge in [0, 0.05) is 25.0 Å². The smallest absolute Gasteiger partial charge is 0.255 e. The summed E-state index contributed by atoms with van der Waals surface area (Å²) in [6.45, 7) is 4.28. The van der Waals surface area contributed by atoms with E-state index >= 15 is 0 Å². The quantitative estimate of drug-likeness (QED) is 0.793. The zero-order valence-electron chi connectivity index (χ0n) is 17.4. The molecule has 0 bridgehead atoms. The van der Waals surface area contributed by atoms with Gasteiger partial charge in [0.25, 0.3) is 5.91 Å². The highest BCUT2D eigenvalue weighted by Crippen LogP contribution is 2.25. The average Bonchev–Trinajstić information content (AvgIpc) is 2.74. The summed E-state index contributed by atoms with van der Waals surface area (Å²) in [5.74, 6) is 0.0428. The molecular weight excluding hydrogens is 388 g/mol. The van der Waals surface area contributed by atoms with Crippen molar-refractivity contribution in [3.05, 3.63) is 29.8 Å². The van der Waals surface area contributed by atoms with Crippen molar-refractivity contribution in [2.24, 2.45) is 5.92 Å². The van der Waals surface area contributed by atoms with Crippen LogP contribution in [0.25, 0.3) is 0 Å². The van der Waals surface area contributed by atoms with Crippen LogP contribution in [0.1, 0.15) is 69.2 Å². The Balaban J connectivity index is 1.62. The van der Waals surface area contributed by atoms with Crippen LogP contribution in [0, 0.1) is 5.92 Å². The van der Waals surface area contributed by atoms with Crippen LogP contribution in [-0.4, -0.2) is 49.5 Å². The molecule has 29 heavy (non-hydrogen) atoms. The maximum absolute atomic E-state index is 13.0. The van der Waals surface area contributed by atoms with Gasteiger partial charge in [0.05, 0.1) is 15.7 Å². The molecule has 0 aromatic heterocycles. The van der Waals surface area contributed by atoms with E-state index in [1.54, 1.807) is 36.9 Å². The summed E-state index contributed by atoms with van der Waals surface area (Å²) in [5.41, 5.74) is 0.242. The molecule has 2 aliphatic rings. The molecular formula is C22H32N2O4S. The zero-order valence-corrected chi connectivity index (χ0v) is 18.2. The predicted molar refractivity (Wildman–Crippen MR) is 112 cm³/mol. The molecule has 2 fully saturated rings. The summed E-state index contributed by atoms with van der Waals surface area (Å²) in [5, 5.41) is 2.58. The van der Waals surface area contributed by atoms with Crippen LogP contribution in [-0.2, 0) is 14.6 Å². The van der Waals surface area contributed by atoms with E-state index in [1.807, 2.05) is 0 Å². The largest absolute Gasteiger partial charge is 0.353 e. The SMILES string of the molecule is CC(C)S(=O)(=O)c1ccccc1C(=O)N1CCC(NC(=O)C2CCCCC2)CC1. The van der Waals surface area contributed by atoms with Crippen molar-refractivity contribution >= 4 is 21.7 Å². The lowest BCUT2D eigenvalue weighted by molar-refractivity contribution is -0.126. The Morgan fingerprint density at radius 2 is 1.62 bits per heavy atom. The van der Waals surface area contributed by atoms with E-state index in [4.69, 9.17) is 0 Å². The third kappa shape index (κ3) is 5.00. The topological polar surface area (TPSA) is 83.6 Å². The van der Waals surface area contributed by atoms with Crippen LogP contribution in [0.5, 0.6) is 0 Å². The Morgan fingerprint density at radius 1 is 1.00 bits per heavy atom. The highest BCUT2D eigenvalue weighted by atomic mass is 32.2. The molecule has 0 atom stereocenters. The van der Waals surface area contributed by atoms with Gasteiger partial charge in [0.1, 0.15) is 0 Å². The van der Waals surface area contributed by atoms with Gasteiger partial charge >= 0.3 is 0 Å². The molecule has 7 heteroatoms. The summed E-state index contributed by atoms with van der Waals surface area (Å²) < 4.78 is 25.3. The predicted octanol–water partition coefficient (Wildman–Crippen LogP) is 3.17. The summed E-state index contributed by atoms with van der Waals surface area (Å²) in [6.07, 6.45) is 6.83. The van der Waals surface area contributed by atoms with Crippen LogP contribution in [0.15, 0.2) is 29.2 Å². The van der Waals surface area contributed by atoms with Gasteiger partial charge in [-0.15, -0.1) is 0 Å². The minimum atomic E-state index is -3.53. The van der Waals surface area contributed by atoms with E-state index in [9.17, 15) is 18.0 Å². The minimum Gasteiger partial charge on any atom is -0.353 e. The first-order chi connectivity index (χ1) is 13.8. The Labute approximate surface area is 174 Å². The van der Waals surface area contributed by atoms with Crippen LogP contribution in [0.2, 0.25) is 0 Å². The van der Waals surface area contributed by atoms with E-state index < -0.39 is 15.1 Å². The summed E-state index contributed by atoms with van der Waals surface area (Å²) in [4.78, 5) is 27.3. The molecule has 1 N–H and O–H groups in total. The first-order valence-electron chi connectivity index (χ1n) is 10.7. The van der Waals surface area contributed by atoms with Crippen molar-refractivity contribution in [3.63, 3.8) is 0 Å². The van der Waals surface area contributed by atoms with E-state index in [1.165, 1.54) is 12.5 Å². The molecule has 1 heterocycles. The number of amides is 2. The molecule has 3 rings (SSSR count). The van der Waals surface area contributed by atoms with Gasteiger partial charge in [-0.05, 0) is 51.7 Å². The fourth-order valence-electron chi connectivity index (χ4n) is 4.23. The molecule has 1 aliphatic carbocycles. The first kappa shape index (κ1) is 21.8. The number of carbonyl (C=O) groups excluding carboxylic acids is 2. The monoisotopic (exact) mass is 420 g/mol. The summed E-state index contributed by atoms with van der Waals surface area (Å²) in [6, 6.07) is 6.54. The fourth-order valence-corrected chi connectivity index (χ4v) is 5.46. The lowest BCUT2D eigenvalue weighted by atomic mass is 9.88. The Bertz CT molecular complexity index is 836. The summed E-state index contributed by atoms with van der Waals surface area (Å²) >= 11 is 0. The van der Waals surface area contributed by atoms with E-state index in [2.05, 4.69) is 5.32 Å². The number of piperidine rings is 1. The molecule has 160 valence electrons. The number of benzene rings is 1. The van der Waals surface area contributed by atoms with Gasteiger partial charge in [0.15, 0.2) is 9.84 Å². The maximum Gasteiger partial charge on any atom is 0.255 e. The number of hydrogen-bond donors (Lipinski definition) is 1. The van der Waals surface area contributed by atoms with Gasteiger partial charge in [-0.1, -0.05) is 31.4 Å². The third-order valence-corrected chi connectivity index (χ3v) is 8.36. The van der Waals surface area contributed by atoms with Gasteiger partial charge < -0.3 is 10.2 Å². The van der Waals surface area contributed by atoms with Crippen LogP contribution >= 0.6 is 0 Å². The highest BCUT2D eigenvalue weighted by molar-refractivity contribution is 7.92. The summed E-state index contributed by atoms with van der Waals surface area (Å²) in [7, 11) is -3.53. The third-order valence-electron chi connectivity index (χ3n) is 6.15. The normalized spacial score (nSPS) is 19.3. The van der Waals surface area contributed by atoms with Crippen LogP contribution < -0.4 is 5.32 Å². The number of sulfone groups is 1. The van der Waals surface area contributed by atoms with Crippen molar-refractivity contribution in [1.82, 2.24) is 10.2 Å². The second kappa shape index (κ2) is 9.28. The lowest BCUT2D eigenvalue weighted by Gasteiger charge is -2.34. The molecule has 2 amide bonds. The van der Waals surface area contributed by atoms with Gasteiger partial charge in [-0.25, -0.2) is 8.42 Å². The second-order valence-corrected chi connectivity index (χ2v) is 11.0. The first-order valence-corrected chi connectivity index (χ1v) is 12.3. The van der Waals surface area contributed by atoms with Crippen molar-refractivity contribution in [3.8, 4) is 0 Å². The van der Waals surface area contributed by atoms with E-state index in [-0.39, 0.29) is 34.2 Å².